The fraction of sp³-hybridized carbons (Fsp3) is 0.333. The Balaban J connectivity index is 1.27. The monoisotopic (exact) mass is 526 g/mol. The van der Waals surface area contributed by atoms with Crippen molar-refractivity contribution in [2.24, 2.45) is 0 Å². The van der Waals surface area contributed by atoms with Gasteiger partial charge in [-0.05, 0) is 48.0 Å². The molecule has 0 N–H and O–H groups in total. The van der Waals surface area contributed by atoms with Crippen LogP contribution in [-0.4, -0.2) is 59.8 Å². The number of rotatable bonds is 7. The van der Waals surface area contributed by atoms with Gasteiger partial charge in [0, 0.05) is 66.8 Å². The molecule has 1 unspecified atom stereocenters. The van der Waals surface area contributed by atoms with E-state index < -0.39 is 5.60 Å². The van der Waals surface area contributed by atoms with Crippen LogP contribution in [0.3, 0.4) is 0 Å². The number of hydrogen-bond donors (Lipinski definition) is 0. The Morgan fingerprint density at radius 1 is 1.11 bits per heavy atom. The molecule has 5 rings (SSSR count). The largest absolute Gasteiger partial charge is 0.489 e. The van der Waals surface area contributed by atoms with Crippen LogP contribution in [0.2, 0.25) is 10.0 Å². The number of benzene rings is 2. The number of imidazole rings is 1. The van der Waals surface area contributed by atoms with Crippen LogP contribution in [-0.2, 0) is 21.7 Å². The first-order valence-electron chi connectivity index (χ1n) is 11.9. The highest BCUT2D eigenvalue weighted by atomic mass is 35.5. The Kier molecular flexibility index (Phi) is 7.23. The Hall–Kier alpha value is -3.00. The van der Waals surface area contributed by atoms with Gasteiger partial charge < -0.3 is 23.8 Å². The maximum Gasteiger partial charge on any atom is 0.219 e. The first kappa shape index (κ1) is 24.7. The Bertz CT molecular complexity index is 1240. The fourth-order valence-corrected chi connectivity index (χ4v) is 5.31. The zero-order chi connectivity index (χ0) is 25.1. The molecule has 2 aliphatic heterocycles. The lowest BCUT2D eigenvalue weighted by atomic mass is 9.92. The third-order valence-corrected chi connectivity index (χ3v) is 7.22. The molecule has 0 bridgehead atoms. The van der Waals surface area contributed by atoms with Gasteiger partial charge in [-0.1, -0.05) is 29.3 Å². The van der Waals surface area contributed by atoms with Crippen molar-refractivity contribution in [2.45, 2.75) is 19.1 Å². The summed E-state index contributed by atoms with van der Waals surface area (Å²) in [5.74, 6) is 0.926. The van der Waals surface area contributed by atoms with Gasteiger partial charge in [-0.2, -0.15) is 0 Å². The van der Waals surface area contributed by atoms with E-state index in [2.05, 4.69) is 28.1 Å². The number of aromatic nitrogens is 2. The molecule has 188 valence electrons. The Morgan fingerprint density at radius 2 is 1.89 bits per heavy atom. The molecule has 2 aromatic carbocycles. The van der Waals surface area contributed by atoms with Crippen LogP contribution in [0, 0.1) is 0 Å². The van der Waals surface area contributed by atoms with Crippen LogP contribution in [0.15, 0.2) is 72.8 Å². The summed E-state index contributed by atoms with van der Waals surface area (Å²) in [4.78, 5) is 19.9. The summed E-state index contributed by atoms with van der Waals surface area (Å²) in [6.07, 6.45) is 7.51. The van der Waals surface area contributed by atoms with E-state index in [1.165, 1.54) is 0 Å². The smallest absolute Gasteiger partial charge is 0.219 e. The van der Waals surface area contributed by atoms with Crippen molar-refractivity contribution in [3.63, 3.8) is 0 Å². The van der Waals surface area contributed by atoms with Crippen molar-refractivity contribution < 1.29 is 14.3 Å². The van der Waals surface area contributed by atoms with Crippen LogP contribution in [0.25, 0.3) is 0 Å². The third kappa shape index (κ3) is 5.38. The molecule has 36 heavy (non-hydrogen) atoms. The van der Waals surface area contributed by atoms with Gasteiger partial charge in [-0.3, -0.25) is 4.79 Å². The molecule has 0 spiro atoms. The molecule has 0 aliphatic carbocycles. The van der Waals surface area contributed by atoms with Gasteiger partial charge in [0.1, 0.15) is 18.0 Å². The van der Waals surface area contributed by atoms with E-state index in [0.717, 1.165) is 48.8 Å². The van der Waals surface area contributed by atoms with E-state index in [1.807, 2.05) is 39.9 Å². The van der Waals surface area contributed by atoms with Crippen molar-refractivity contribution in [2.75, 3.05) is 44.3 Å². The lowest BCUT2D eigenvalue weighted by Crippen LogP contribution is -2.48. The molecule has 2 aliphatic rings. The highest BCUT2D eigenvalue weighted by Gasteiger charge is 2.38. The highest BCUT2D eigenvalue weighted by molar-refractivity contribution is 6.35. The summed E-state index contributed by atoms with van der Waals surface area (Å²) in [5, 5.41) is 1.14. The number of nitrogens with zero attached hydrogens (tertiary/aromatic N) is 4. The van der Waals surface area contributed by atoms with E-state index >= 15 is 0 Å². The molecule has 1 saturated heterocycles. The number of carbonyl (C=O) groups excluding carboxylic acids is 1. The summed E-state index contributed by atoms with van der Waals surface area (Å²) in [5.41, 5.74) is 2.27. The quantitative estimate of drug-likeness (QED) is 0.414. The minimum atomic E-state index is -0.743. The van der Waals surface area contributed by atoms with Crippen molar-refractivity contribution >= 4 is 34.8 Å². The summed E-state index contributed by atoms with van der Waals surface area (Å²) in [6, 6.07) is 13.6. The highest BCUT2D eigenvalue weighted by Crippen LogP contribution is 2.40. The lowest BCUT2D eigenvalue weighted by molar-refractivity contribution is -0.129. The fourth-order valence-electron chi connectivity index (χ4n) is 4.74. The molecule has 1 aromatic heterocycles. The Labute approximate surface area is 220 Å². The summed E-state index contributed by atoms with van der Waals surface area (Å²) >= 11 is 12.7. The van der Waals surface area contributed by atoms with Gasteiger partial charge in [-0.25, -0.2) is 4.98 Å². The molecular weight excluding hydrogens is 499 g/mol. The van der Waals surface area contributed by atoms with Gasteiger partial charge in [0.05, 0.1) is 19.5 Å². The summed E-state index contributed by atoms with van der Waals surface area (Å²) < 4.78 is 14.4. The van der Waals surface area contributed by atoms with E-state index in [4.69, 9.17) is 32.7 Å². The standard InChI is InChI=1S/C27H28Cl2N4O3/c1-20(34)32-10-12-33(13-11-32)23-3-5-24(6-4-23)35-16-21-15-27(36-17-21,18-31-9-8-30-19-31)25-7-2-22(28)14-26(25)29/h2-9,14-15,19H,10-13,16-18H2,1H3. The van der Waals surface area contributed by atoms with E-state index in [0.29, 0.717) is 29.8 Å². The molecule has 1 amide bonds. The first-order chi connectivity index (χ1) is 17.4. The first-order valence-corrected chi connectivity index (χ1v) is 12.7. The van der Waals surface area contributed by atoms with Crippen LogP contribution in [0.4, 0.5) is 5.69 Å². The van der Waals surface area contributed by atoms with Crippen molar-refractivity contribution in [3.05, 3.63) is 88.4 Å². The van der Waals surface area contributed by atoms with Crippen LogP contribution in [0.1, 0.15) is 12.5 Å². The average Bonchev–Trinajstić information content (AvgIpc) is 3.54. The predicted molar refractivity (Wildman–Crippen MR) is 141 cm³/mol. The predicted octanol–water partition coefficient (Wildman–Crippen LogP) is 4.79. The minimum Gasteiger partial charge on any atom is -0.489 e. The van der Waals surface area contributed by atoms with Gasteiger partial charge in [-0.15, -0.1) is 0 Å². The summed E-state index contributed by atoms with van der Waals surface area (Å²) in [7, 11) is 0. The van der Waals surface area contributed by atoms with Crippen molar-refractivity contribution in [3.8, 4) is 5.75 Å². The zero-order valence-electron chi connectivity index (χ0n) is 20.1. The normalized spacial score (nSPS) is 19.9. The second-order valence-corrected chi connectivity index (χ2v) is 9.96. The number of amides is 1. The van der Waals surface area contributed by atoms with Crippen LogP contribution >= 0.6 is 23.2 Å². The van der Waals surface area contributed by atoms with Gasteiger partial charge in [0.15, 0.2) is 0 Å². The molecule has 3 heterocycles. The molecule has 1 fully saturated rings. The molecular formula is C27H28Cl2N4O3. The summed E-state index contributed by atoms with van der Waals surface area (Å²) in [6.45, 7) is 6.16. The number of halogens is 2. The molecule has 1 atom stereocenters. The second kappa shape index (κ2) is 10.5. The number of piperazine rings is 1. The lowest BCUT2D eigenvalue weighted by Gasteiger charge is -2.35. The average molecular weight is 527 g/mol. The Morgan fingerprint density at radius 3 is 2.56 bits per heavy atom. The van der Waals surface area contributed by atoms with Gasteiger partial charge >= 0.3 is 0 Å². The van der Waals surface area contributed by atoms with E-state index in [9.17, 15) is 4.79 Å². The van der Waals surface area contributed by atoms with Crippen LogP contribution in [0.5, 0.6) is 5.75 Å². The number of hydrogen-bond acceptors (Lipinski definition) is 5. The number of anilines is 1. The SMILES string of the molecule is CC(=O)N1CCN(c2ccc(OCC3=CC(Cn4ccnc4)(c4ccc(Cl)cc4Cl)OC3)cc2)CC1. The maximum atomic E-state index is 11.6. The zero-order valence-corrected chi connectivity index (χ0v) is 21.6. The molecule has 7 nitrogen and oxygen atoms in total. The maximum absolute atomic E-state index is 11.6. The number of carbonyl (C=O) groups is 1. The van der Waals surface area contributed by atoms with Crippen LogP contribution < -0.4 is 9.64 Å². The third-order valence-electron chi connectivity index (χ3n) is 6.67. The van der Waals surface area contributed by atoms with Crippen molar-refractivity contribution in [1.29, 1.82) is 0 Å². The second-order valence-electron chi connectivity index (χ2n) is 9.12. The molecule has 3 aromatic rings. The molecule has 0 radical (unpaired) electrons. The number of ether oxygens (including phenoxy) is 2. The topological polar surface area (TPSA) is 59.8 Å². The van der Waals surface area contributed by atoms with Gasteiger partial charge in [0.2, 0.25) is 5.91 Å². The van der Waals surface area contributed by atoms with Gasteiger partial charge in [0.25, 0.3) is 0 Å². The molecule has 9 heteroatoms. The van der Waals surface area contributed by atoms with E-state index in [-0.39, 0.29) is 5.91 Å². The van der Waals surface area contributed by atoms with Crippen molar-refractivity contribution in [1.82, 2.24) is 14.5 Å². The minimum absolute atomic E-state index is 0.135. The molecule has 0 saturated carbocycles. The van der Waals surface area contributed by atoms with E-state index in [1.54, 1.807) is 25.5 Å².